The topological polar surface area (TPSA) is 47.9 Å². The standard InChI is InChI=1S/C11H13NO3/c1-3-10(12-14-2)11(13)15-9-7-5-4-6-8-9/h4-8H,3H2,1-2H3/b12-10+. The fraction of sp³-hybridized carbons (Fsp3) is 0.273. The minimum atomic E-state index is -0.481. The molecule has 1 rings (SSSR count). The number of hydrogen-bond acceptors (Lipinski definition) is 4. The molecule has 4 nitrogen and oxygen atoms in total. The van der Waals surface area contributed by atoms with E-state index in [1.54, 1.807) is 24.3 Å². The van der Waals surface area contributed by atoms with E-state index in [0.717, 1.165) is 0 Å². The van der Waals surface area contributed by atoms with Crippen molar-refractivity contribution in [2.75, 3.05) is 7.11 Å². The summed E-state index contributed by atoms with van der Waals surface area (Å²) < 4.78 is 5.07. The second-order valence-electron chi connectivity index (χ2n) is 2.78. The van der Waals surface area contributed by atoms with Crippen molar-refractivity contribution in [3.8, 4) is 5.75 Å². The summed E-state index contributed by atoms with van der Waals surface area (Å²) in [5.41, 5.74) is 0.265. The molecular weight excluding hydrogens is 194 g/mol. The van der Waals surface area contributed by atoms with Crippen LogP contribution in [0.25, 0.3) is 0 Å². The summed E-state index contributed by atoms with van der Waals surface area (Å²) in [6.07, 6.45) is 0.472. The summed E-state index contributed by atoms with van der Waals surface area (Å²) in [6, 6.07) is 8.85. The molecule has 1 aromatic carbocycles. The summed E-state index contributed by atoms with van der Waals surface area (Å²) >= 11 is 0. The van der Waals surface area contributed by atoms with Crippen LogP contribution in [0.4, 0.5) is 0 Å². The van der Waals surface area contributed by atoms with E-state index in [9.17, 15) is 4.79 Å². The third-order valence-corrected chi connectivity index (χ3v) is 1.73. The Labute approximate surface area is 88.5 Å². The molecule has 0 fully saturated rings. The average molecular weight is 207 g/mol. The Bertz CT molecular complexity index is 346. The van der Waals surface area contributed by atoms with Gasteiger partial charge in [-0.15, -0.1) is 0 Å². The Morgan fingerprint density at radius 3 is 2.53 bits per heavy atom. The Morgan fingerprint density at radius 2 is 2.00 bits per heavy atom. The van der Waals surface area contributed by atoms with Gasteiger partial charge in [-0.1, -0.05) is 30.3 Å². The van der Waals surface area contributed by atoms with E-state index >= 15 is 0 Å². The number of oxime groups is 1. The fourth-order valence-electron chi connectivity index (χ4n) is 1.01. The van der Waals surface area contributed by atoms with Crippen molar-refractivity contribution in [3.63, 3.8) is 0 Å². The number of esters is 1. The van der Waals surface area contributed by atoms with Crippen molar-refractivity contribution in [3.05, 3.63) is 30.3 Å². The molecule has 0 saturated heterocycles. The smallest absolute Gasteiger partial charge is 0.361 e. The van der Waals surface area contributed by atoms with Crippen LogP contribution >= 0.6 is 0 Å². The lowest BCUT2D eigenvalue weighted by Gasteiger charge is -2.03. The summed E-state index contributed by atoms with van der Waals surface area (Å²) in [7, 11) is 1.39. The van der Waals surface area contributed by atoms with Gasteiger partial charge in [0.25, 0.3) is 0 Å². The predicted octanol–water partition coefficient (Wildman–Crippen LogP) is 2.00. The summed E-state index contributed by atoms with van der Waals surface area (Å²) in [6.45, 7) is 1.81. The highest BCUT2D eigenvalue weighted by Crippen LogP contribution is 2.09. The lowest BCUT2D eigenvalue weighted by atomic mass is 10.3. The predicted molar refractivity (Wildman–Crippen MR) is 56.8 cm³/mol. The van der Waals surface area contributed by atoms with E-state index in [1.807, 2.05) is 13.0 Å². The van der Waals surface area contributed by atoms with Gasteiger partial charge in [0.2, 0.25) is 0 Å². The first kappa shape index (κ1) is 11.2. The maximum atomic E-state index is 11.5. The van der Waals surface area contributed by atoms with Crippen LogP contribution in [-0.4, -0.2) is 18.8 Å². The first-order chi connectivity index (χ1) is 7.27. The van der Waals surface area contributed by atoms with Crippen LogP contribution in [0.2, 0.25) is 0 Å². The van der Waals surface area contributed by atoms with E-state index < -0.39 is 5.97 Å². The number of benzene rings is 1. The molecule has 0 aliphatic heterocycles. The van der Waals surface area contributed by atoms with Crippen LogP contribution in [0.5, 0.6) is 5.75 Å². The van der Waals surface area contributed by atoms with Gasteiger partial charge in [0.15, 0.2) is 5.71 Å². The monoisotopic (exact) mass is 207 g/mol. The zero-order chi connectivity index (χ0) is 11.1. The van der Waals surface area contributed by atoms with Crippen LogP contribution in [0.15, 0.2) is 35.5 Å². The molecule has 0 aliphatic carbocycles. The van der Waals surface area contributed by atoms with Gasteiger partial charge >= 0.3 is 5.97 Å². The average Bonchev–Trinajstić information content (AvgIpc) is 2.27. The number of para-hydroxylation sites is 1. The molecule has 0 saturated carbocycles. The van der Waals surface area contributed by atoms with Crippen molar-refractivity contribution < 1.29 is 14.4 Å². The first-order valence-electron chi connectivity index (χ1n) is 4.65. The Kier molecular flexibility index (Phi) is 4.34. The molecule has 0 bridgehead atoms. The number of carbonyl (C=O) groups is 1. The van der Waals surface area contributed by atoms with Gasteiger partial charge in [-0.3, -0.25) is 0 Å². The third-order valence-electron chi connectivity index (χ3n) is 1.73. The quantitative estimate of drug-likeness (QED) is 0.328. The molecule has 80 valence electrons. The number of hydrogen-bond donors (Lipinski definition) is 0. The summed E-state index contributed by atoms with van der Waals surface area (Å²) in [5, 5.41) is 3.58. The molecule has 0 amide bonds. The zero-order valence-electron chi connectivity index (χ0n) is 8.77. The van der Waals surface area contributed by atoms with Gasteiger partial charge in [-0.05, 0) is 18.6 Å². The molecule has 0 spiro atoms. The molecule has 0 radical (unpaired) electrons. The fourth-order valence-corrected chi connectivity index (χ4v) is 1.01. The van der Waals surface area contributed by atoms with Crippen LogP contribution in [0.3, 0.4) is 0 Å². The zero-order valence-corrected chi connectivity index (χ0v) is 8.77. The van der Waals surface area contributed by atoms with Crippen molar-refractivity contribution in [2.24, 2.45) is 5.16 Å². The van der Waals surface area contributed by atoms with E-state index in [0.29, 0.717) is 12.2 Å². The Balaban J connectivity index is 2.67. The Hall–Kier alpha value is -1.84. The molecule has 0 aliphatic rings. The third kappa shape index (κ3) is 3.42. The largest absolute Gasteiger partial charge is 0.422 e. The maximum absolute atomic E-state index is 11.5. The summed E-state index contributed by atoms with van der Waals surface area (Å²) in [4.78, 5) is 16.0. The molecule has 0 unspecified atom stereocenters. The van der Waals surface area contributed by atoms with Gasteiger partial charge in [0, 0.05) is 0 Å². The Morgan fingerprint density at radius 1 is 1.33 bits per heavy atom. The van der Waals surface area contributed by atoms with Crippen molar-refractivity contribution in [2.45, 2.75) is 13.3 Å². The molecule has 1 aromatic rings. The highest BCUT2D eigenvalue weighted by molar-refractivity contribution is 6.36. The molecule has 4 heteroatoms. The molecular formula is C11H13NO3. The number of rotatable bonds is 4. The number of carbonyl (C=O) groups excluding carboxylic acids is 1. The first-order valence-corrected chi connectivity index (χ1v) is 4.65. The highest BCUT2D eigenvalue weighted by Gasteiger charge is 2.12. The van der Waals surface area contributed by atoms with Crippen LogP contribution in [0.1, 0.15) is 13.3 Å². The molecule has 0 N–H and O–H groups in total. The van der Waals surface area contributed by atoms with Crippen molar-refractivity contribution in [1.29, 1.82) is 0 Å². The van der Waals surface area contributed by atoms with E-state index in [4.69, 9.17) is 4.74 Å². The highest BCUT2D eigenvalue weighted by atomic mass is 16.6. The molecule has 15 heavy (non-hydrogen) atoms. The normalized spacial score (nSPS) is 10.9. The lowest BCUT2D eigenvalue weighted by Crippen LogP contribution is -2.19. The SMILES string of the molecule is CC/C(=N\OC)C(=O)Oc1ccccc1. The summed E-state index contributed by atoms with van der Waals surface area (Å²) in [5.74, 6) is 0.0188. The maximum Gasteiger partial charge on any atom is 0.361 e. The minimum Gasteiger partial charge on any atom is -0.422 e. The van der Waals surface area contributed by atoms with Gasteiger partial charge in [0.05, 0.1) is 0 Å². The molecule has 0 atom stereocenters. The van der Waals surface area contributed by atoms with Crippen molar-refractivity contribution in [1.82, 2.24) is 0 Å². The van der Waals surface area contributed by atoms with Crippen molar-refractivity contribution >= 4 is 11.7 Å². The second kappa shape index (κ2) is 5.80. The second-order valence-corrected chi connectivity index (χ2v) is 2.78. The van der Waals surface area contributed by atoms with Crippen LogP contribution < -0.4 is 4.74 Å². The van der Waals surface area contributed by atoms with Gasteiger partial charge in [0.1, 0.15) is 12.9 Å². The minimum absolute atomic E-state index is 0.265. The van der Waals surface area contributed by atoms with Gasteiger partial charge in [-0.25, -0.2) is 4.79 Å². The molecule has 0 heterocycles. The van der Waals surface area contributed by atoms with E-state index in [-0.39, 0.29) is 5.71 Å². The van der Waals surface area contributed by atoms with E-state index in [1.165, 1.54) is 7.11 Å². The number of nitrogens with zero attached hydrogens (tertiary/aromatic N) is 1. The van der Waals surface area contributed by atoms with Gasteiger partial charge < -0.3 is 9.57 Å². The van der Waals surface area contributed by atoms with Crippen LogP contribution in [-0.2, 0) is 9.63 Å². The van der Waals surface area contributed by atoms with Gasteiger partial charge in [-0.2, -0.15) is 0 Å². The number of ether oxygens (including phenoxy) is 1. The van der Waals surface area contributed by atoms with E-state index in [2.05, 4.69) is 9.99 Å². The lowest BCUT2D eigenvalue weighted by molar-refractivity contribution is -0.127. The van der Waals surface area contributed by atoms with Crippen LogP contribution in [0, 0.1) is 0 Å². The molecule has 0 aromatic heterocycles.